The molecule has 0 atom stereocenters. The maximum atomic E-state index is 4.68. The maximum absolute atomic E-state index is 4.68. The molecule has 6 aromatic rings. The summed E-state index contributed by atoms with van der Waals surface area (Å²) < 4.78 is 3.77. The van der Waals surface area contributed by atoms with Crippen molar-refractivity contribution in [2.24, 2.45) is 0 Å². The summed E-state index contributed by atoms with van der Waals surface area (Å²) >= 11 is 0. The zero-order valence-electron chi connectivity index (χ0n) is 20.5. The van der Waals surface area contributed by atoms with Crippen LogP contribution in [0.25, 0.3) is 34.2 Å². The van der Waals surface area contributed by atoms with Gasteiger partial charge < -0.3 is 0 Å². The first kappa shape index (κ1) is 24.1. The van der Waals surface area contributed by atoms with E-state index in [0.29, 0.717) is 24.7 Å². The number of aryl methyl sites for hydroxylation is 2. The minimum Gasteiger partial charge on any atom is -0.226 e. The minimum atomic E-state index is 0.515. The third kappa shape index (κ3) is 4.59. The quantitative estimate of drug-likeness (QED) is 0.246. The number of tetrazole rings is 2. The molecule has 12 nitrogen and oxygen atoms in total. The van der Waals surface area contributed by atoms with Gasteiger partial charge in [0.2, 0.25) is 11.6 Å². The second-order valence-corrected chi connectivity index (χ2v) is 10.1. The fourth-order valence-corrected chi connectivity index (χ4v) is 6.20. The van der Waals surface area contributed by atoms with Crippen molar-refractivity contribution in [2.45, 2.75) is 37.0 Å². The number of nitrogens with zero attached hydrogens (tertiary/aromatic N) is 12. The van der Waals surface area contributed by atoms with Gasteiger partial charge in [-0.25, -0.2) is 9.36 Å². The van der Waals surface area contributed by atoms with Gasteiger partial charge in [-0.3, -0.25) is 0 Å². The highest BCUT2D eigenvalue weighted by Crippen LogP contribution is 2.45. The first-order valence-corrected chi connectivity index (χ1v) is 14.1. The molecule has 0 spiro atoms. The predicted octanol–water partition coefficient (Wildman–Crippen LogP) is 4.20. The Morgan fingerprint density at radius 3 is 1.39 bits per heavy atom. The molecule has 0 saturated heterocycles. The Balaban J connectivity index is 1.43. The van der Waals surface area contributed by atoms with Crippen LogP contribution in [0.2, 0.25) is 0 Å². The van der Waals surface area contributed by atoms with Crippen LogP contribution in [-0.4, -0.2) is 60.0 Å². The summed E-state index contributed by atoms with van der Waals surface area (Å²) in [6.07, 6.45) is 3.55. The molecule has 190 valence electrons. The van der Waals surface area contributed by atoms with Crippen LogP contribution in [0.15, 0.2) is 83.1 Å². The smallest absolute Gasteiger partial charge is 0.209 e. The molecule has 0 aliphatic heterocycles. The second-order valence-electron chi connectivity index (χ2n) is 7.99. The van der Waals surface area contributed by atoms with Gasteiger partial charge in [-0.2, -0.15) is 19.8 Å². The zero-order valence-corrected chi connectivity index (χ0v) is 22.2. The Morgan fingerprint density at radius 1 is 0.605 bits per heavy atom. The third-order valence-electron chi connectivity index (χ3n) is 5.60. The highest BCUT2D eigenvalue weighted by Gasteiger charge is 2.23. The largest absolute Gasteiger partial charge is 0.226 e. The average molecular weight is 543 g/mol. The summed E-state index contributed by atoms with van der Waals surface area (Å²) in [5.74, 6) is 1.03. The van der Waals surface area contributed by atoms with Crippen LogP contribution < -0.4 is 0 Å². The molecule has 0 radical (unpaired) electrons. The summed E-state index contributed by atoms with van der Waals surface area (Å²) in [6.45, 7) is 5.20. The van der Waals surface area contributed by atoms with E-state index in [4.69, 9.17) is 0 Å². The van der Waals surface area contributed by atoms with Crippen LogP contribution >= 0.6 is 21.6 Å². The Kier molecular flexibility index (Phi) is 6.71. The SMILES string of the molecule is CCn1nnc(-c2cnn(-c3ccccc3)c2SSc2c(-c3nnn(CC)n3)cnn2-c2ccccc2)n1. The van der Waals surface area contributed by atoms with E-state index in [2.05, 4.69) is 41.0 Å². The lowest BCUT2D eigenvalue weighted by atomic mass is 10.3. The lowest BCUT2D eigenvalue weighted by Gasteiger charge is -2.10. The third-order valence-corrected chi connectivity index (χ3v) is 7.99. The average Bonchev–Trinajstić information content (AvgIpc) is 3.77. The number of benzene rings is 2. The van der Waals surface area contributed by atoms with Gasteiger partial charge in [0.15, 0.2) is 0 Å². The highest BCUT2D eigenvalue weighted by atomic mass is 33.1. The van der Waals surface area contributed by atoms with Crippen molar-refractivity contribution in [1.82, 2.24) is 60.0 Å². The highest BCUT2D eigenvalue weighted by molar-refractivity contribution is 8.76. The molecule has 0 saturated carbocycles. The molecular weight excluding hydrogens is 520 g/mol. The van der Waals surface area contributed by atoms with E-state index in [0.717, 1.165) is 32.6 Å². The Morgan fingerprint density at radius 2 is 1.03 bits per heavy atom. The monoisotopic (exact) mass is 542 g/mol. The number of para-hydroxylation sites is 2. The van der Waals surface area contributed by atoms with Crippen LogP contribution in [0.3, 0.4) is 0 Å². The molecule has 2 aromatic carbocycles. The van der Waals surface area contributed by atoms with E-state index >= 15 is 0 Å². The van der Waals surface area contributed by atoms with Crippen molar-refractivity contribution < 1.29 is 0 Å². The summed E-state index contributed by atoms with van der Waals surface area (Å²) in [5.41, 5.74) is 3.42. The van der Waals surface area contributed by atoms with Crippen molar-refractivity contribution >= 4 is 21.6 Å². The van der Waals surface area contributed by atoms with Gasteiger partial charge in [0.25, 0.3) is 0 Å². The maximum Gasteiger partial charge on any atom is 0.209 e. The molecule has 0 unspecified atom stereocenters. The molecule has 0 fully saturated rings. The van der Waals surface area contributed by atoms with Gasteiger partial charge in [0.1, 0.15) is 10.1 Å². The van der Waals surface area contributed by atoms with Gasteiger partial charge in [0.05, 0.1) is 48.0 Å². The summed E-state index contributed by atoms with van der Waals surface area (Å²) in [5, 5.41) is 36.9. The van der Waals surface area contributed by atoms with Gasteiger partial charge in [0, 0.05) is 0 Å². The van der Waals surface area contributed by atoms with Crippen molar-refractivity contribution in [3.05, 3.63) is 73.1 Å². The molecule has 4 heterocycles. The summed E-state index contributed by atoms with van der Waals surface area (Å²) in [7, 11) is 3.06. The van der Waals surface area contributed by atoms with Gasteiger partial charge >= 0.3 is 0 Å². The predicted molar refractivity (Wildman–Crippen MR) is 144 cm³/mol. The van der Waals surface area contributed by atoms with Gasteiger partial charge in [-0.1, -0.05) is 36.4 Å². The number of hydrogen-bond acceptors (Lipinski definition) is 10. The fourth-order valence-electron chi connectivity index (χ4n) is 3.70. The minimum absolute atomic E-state index is 0.515. The van der Waals surface area contributed by atoms with Crippen LogP contribution in [0.1, 0.15) is 13.8 Å². The standard InChI is InChI=1S/C24H22N12S2/c1-3-33-29-21(27-31-33)19-15-25-35(17-11-7-5-8-12-17)23(19)37-38-24-20(22-28-32-34(4-2)30-22)16-26-36(24)18-13-9-6-10-14-18/h5-16H,3-4H2,1-2H3. The van der Waals surface area contributed by atoms with Crippen LogP contribution in [0.4, 0.5) is 0 Å². The van der Waals surface area contributed by atoms with Crippen molar-refractivity contribution in [3.63, 3.8) is 0 Å². The number of hydrogen-bond donors (Lipinski definition) is 0. The van der Waals surface area contributed by atoms with E-state index in [-0.39, 0.29) is 0 Å². The molecule has 4 aromatic heterocycles. The molecular formula is C24H22N12S2. The zero-order chi connectivity index (χ0) is 25.9. The van der Waals surface area contributed by atoms with Gasteiger partial charge in [-0.05, 0) is 70.1 Å². The Bertz CT molecular complexity index is 1530. The van der Waals surface area contributed by atoms with Crippen LogP contribution in [0.5, 0.6) is 0 Å². The summed E-state index contributed by atoms with van der Waals surface area (Å²) in [4.78, 5) is 3.12. The molecule has 0 aliphatic carbocycles. The molecule has 0 N–H and O–H groups in total. The van der Waals surface area contributed by atoms with Crippen molar-refractivity contribution in [2.75, 3.05) is 0 Å². The van der Waals surface area contributed by atoms with E-state index in [9.17, 15) is 0 Å². The topological polar surface area (TPSA) is 123 Å². The first-order chi connectivity index (χ1) is 18.7. The van der Waals surface area contributed by atoms with Crippen molar-refractivity contribution in [3.8, 4) is 34.2 Å². The summed E-state index contributed by atoms with van der Waals surface area (Å²) in [6, 6.07) is 19.9. The molecule has 0 aliphatic rings. The van der Waals surface area contributed by atoms with Crippen molar-refractivity contribution in [1.29, 1.82) is 0 Å². The molecule has 38 heavy (non-hydrogen) atoms. The molecule has 0 amide bonds. The number of aromatic nitrogens is 12. The van der Waals surface area contributed by atoms with E-state index in [1.807, 2.05) is 83.9 Å². The van der Waals surface area contributed by atoms with E-state index in [1.54, 1.807) is 22.0 Å². The lowest BCUT2D eigenvalue weighted by molar-refractivity contribution is 0.552. The van der Waals surface area contributed by atoms with Gasteiger partial charge in [-0.15, -0.1) is 20.4 Å². The number of rotatable bonds is 9. The Hall–Kier alpha value is -4.30. The van der Waals surface area contributed by atoms with E-state index in [1.165, 1.54) is 21.6 Å². The fraction of sp³-hybridized carbons (Fsp3) is 0.167. The molecule has 6 rings (SSSR count). The second kappa shape index (κ2) is 10.6. The lowest BCUT2D eigenvalue weighted by Crippen LogP contribution is -2.00. The Labute approximate surface area is 225 Å². The van der Waals surface area contributed by atoms with E-state index < -0.39 is 0 Å². The molecule has 14 heteroatoms. The van der Waals surface area contributed by atoms with Crippen LogP contribution in [0, 0.1) is 0 Å². The van der Waals surface area contributed by atoms with Crippen LogP contribution in [-0.2, 0) is 13.1 Å². The molecule has 0 bridgehead atoms. The first-order valence-electron chi connectivity index (χ1n) is 11.9. The normalized spacial score (nSPS) is 11.3.